The van der Waals surface area contributed by atoms with Crippen LogP contribution in [0, 0.1) is 0 Å². The number of imide groups is 2. The SMILES string of the molecule is O=C1CCC(N2C(=O)c3ccc(CCCNS(=O)(=O)N4CCCCC4)cc3C2=O)C(=O)N1. The summed E-state index contributed by atoms with van der Waals surface area (Å²) in [6.07, 6.45) is 4.03. The number of amides is 4. The number of benzene rings is 1. The monoisotopic (exact) mass is 462 g/mol. The van der Waals surface area contributed by atoms with E-state index in [4.69, 9.17) is 0 Å². The molecule has 0 bridgehead atoms. The van der Waals surface area contributed by atoms with Crippen molar-refractivity contribution in [3.8, 4) is 0 Å². The molecule has 3 aliphatic heterocycles. The van der Waals surface area contributed by atoms with Gasteiger partial charge >= 0.3 is 0 Å². The average Bonchev–Trinajstić information content (AvgIpc) is 3.02. The van der Waals surface area contributed by atoms with Gasteiger partial charge in [-0.3, -0.25) is 29.4 Å². The van der Waals surface area contributed by atoms with Crippen molar-refractivity contribution in [2.75, 3.05) is 19.6 Å². The van der Waals surface area contributed by atoms with Gasteiger partial charge in [-0.15, -0.1) is 0 Å². The zero-order valence-corrected chi connectivity index (χ0v) is 18.4. The number of nitrogens with one attached hydrogen (secondary N) is 2. The van der Waals surface area contributed by atoms with E-state index in [9.17, 15) is 27.6 Å². The van der Waals surface area contributed by atoms with Gasteiger partial charge < -0.3 is 0 Å². The number of aryl methyl sites for hydroxylation is 1. The number of hydrogen-bond donors (Lipinski definition) is 2. The smallest absolute Gasteiger partial charge is 0.279 e. The van der Waals surface area contributed by atoms with Gasteiger partial charge in [0, 0.05) is 26.1 Å². The minimum atomic E-state index is -3.48. The quantitative estimate of drug-likeness (QED) is 0.444. The van der Waals surface area contributed by atoms with Gasteiger partial charge in [-0.05, 0) is 49.8 Å². The van der Waals surface area contributed by atoms with Gasteiger partial charge in [0.05, 0.1) is 11.1 Å². The molecule has 1 unspecified atom stereocenters. The minimum Gasteiger partial charge on any atom is -0.295 e. The van der Waals surface area contributed by atoms with Gasteiger partial charge in [-0.2, -0.15) is 12.7 Å². The van der Waals surface area contributed by atoms with Crippen LogP contribution < -0.4 is 10.0 Å². The first-order chi connectivity index (χ1) is 15.3. The van der Waals surface area contributed by atoms with Gasteiger partial charge in [0.25, 0.3) is 22.0 Å². The Morgan fingerprint density at radius 1 is 1.00 bits per heavy atom. The van der Waals surface area contributed by atoms with Crippen LogP contribution in [0.1, 0.15) is 64.8 Å². The zero-order valence-electron chi connectivity index (χ0n) is 17.6. The topological polar surface area (TPSA) is 133 Å². The van der Waals surface area contributed by atoms with E-state index in [0.29, 0.717) is 25.9 Å². The van der Waals surface area contributed by atoms with E-state index in [1.807, 2.05) is 0 Å². The molecule has 0 aromatic heterocycles. The van der Waals surface area contributed by atoms with Crippen LogP contribution in [-0.2, 0) is 26.2 Å². The number of carbonyl (C=O) groups excluding carboxylic acids is 4. The molecule has 1 aromatic rings. The second-order valence-electron chi connectivity index (χ2n) is 8.29. The molecule has 10 nitrogen and oxygen atoms in total. The Morgan fingerprint density at radius 2 is 1.72 bits per heavy atom. The van der Waals surface area contributed by atoms with E-state index in [1.54, 1.807) is 18.2 Å². The van der Waals surface area contributed by atoms with Crippen molar-refractivity contribution in [3.63, 3.8) is 0 Å². The number of fused-ring (bicyclic) bond motifs is 1. The average molecular weight is 463 g/mol. The zero-order chi connectivity index (χ0) is 22.9. The molecule has 2 saturated heterocycles. The minimum absolute atomic E-state index is 0.0718. The molecule has 0 saturated carbocycles. The van der Waals surface area contributed by atoms with Crippen LogP contribution in [0.3, 0.4) is 0 Å². The fraction of sp³-hybridized carbons (Fsp3) is 0.524. The van der Waals surface area contributed by atoms with E-state index in [-0.39, 0.29) is 30.5 Å². The first-order valence-electron chi connectivity index (χ1n) is 10.9. The van der Waals surface area contributed by atoms with Crippen molar-refractivity contribution in [1.82, 2.24) is 19.2 Å². The highest BCUT2D eigenvalue weighted by Crippen LogP contribution is 2.28. The van der Waals surface area contributed by atoms with Crippen molar-refractivity contribution in [3.05, 3.63) is 34.9 Å². The lowest BCUT2D eigenvalue weighted by atomic mass is 10.0. The molecule has 32 heavy (non-hydrogen) atoms. The van der Waals surface area contributed by atoms with Crippen molar-refractivity contribution in [2.45, 2.75) is 51.0 Å². The largest absolute Gasteiger partial charge is 0.295 e. The van der Waals surface area contributed by atoms with Crippen LogP contribution in [0.2, 0.25) is 0 Å². The van der Waals surface area contributed by atoms with Gasteiger partial charge in [-0.1, -0.05) is 12.5 Å². The summed E-state index contributed by atoms with van der Waals surface area (Å²) in [5.41, 5.74) is 1.26. The number of hydrogen-bond acceptors (Lipinski definition) is 6. The lowest BCUT2D eigenvalue weighted by Crippen LogP contribution is -2.54. The third-order valence-corrected chi connectivity index (χ3v) is 7.70. The molecular weight excluding hydrogens is 436 g/mol. The highest BCUT2D eigenvalue weighted by molar-refractivity contribution is 7.87. The van der Waals surface area contributed by atoms with Gasteiger partial charge in [0.2, 0.25) is 11.8 Å². The van der Waals surface area contributed by atoms with E-state index < -0.39 is 39.9 Å². The molecule has 4 amide bonds. The third kappa shape index (κ3) is 4.45. The summed E-state index contributed by atoms with van der Waals surface area (Å²) in [5, 5.41) is 2.17. The lowest BCUT2D eigenvalue weighted by Gasteiger charge is -2.27. The van der Waals surface area contributed by atoms with Crippen LogP contribution in [-0.4, -0.2) is 66.9 Å². The number of rotatable bonds is 7. The first-order valence-corrected chi connectivity index (χ1v) is 12.3. The Bertz CT molecular complexity index is 1060. The molecule has 2 fully saturated rings. The molecule has 0 radical (unpaired) electrons. The summed E-state index contributed by atoms with van der Waals surface area (Å²) < 4.78 is 28.8. The van der Waals surface area contributed by atoms with E-state index >= 15 is 0 Å². The first kappa shape index (κ1) is 22.6. The molecule has 1 aromatic carbocycles. The Morgan fingerprint density at radius 3 is 2.44 bits per heavy atom. The molecule has 3 heterocycles. The molecule has 0 spiro atoms. The molecule has 172 valence electrons. The summed E-state index contributed by atoms with van der Waals surface area (Å²) in [6, 6.07) is 3.93. The molecule has 1 atom stereocenters. The van der Waals surface area contributed by atoms with Crippen molar-refractivity contribution in [1.29, 1.82) is 0 Å². The molecule has 11 heteroatoms. The fourth-order valence-electron chi connectivity index (χ4n) is 4.36. The van der Waals surface area contributed by atoms with Crippen LogP contribution in [0.15, 0.2) is 18.2 Å². The predicted octanol–water partition coefficient (Wildman–Crippen LogP) is 0.341. The van der Waals surface area contributed by atoms with Gasteiger partial charge in [0.1, 0.15) is 6.04 Å². The number of nitrogens with zero attached hydrogens (tertiary/aromatic N) is 2. The highest BCUT2D eigenvalue weighted by atomic mass is 32.2. The van der Waals surface area contributed by atoms with E-state index in [1.165, 1.54) is 4.31 Å². The second kappa shape index (κ2) is 9.08. The normalized spacial score (nSPS) is 22.2. The van der Waals surface area contributed by atoms with Crippen molar-refractivity contribution in [2.24, 2.45) is 0 Å². The van der Waals surface area contributed by atoms with Crippen LogP contribution in [0.4, 0.5) is 0 Å². The Labute approximate surface area is 186 Å². The highest BCUT2D eigenvalue weighted by Gasteiger charge is 2.44. The molecule has 3 aliphatic rings. The van der Waals surface area contributed by atoms with E-state index in [2.05, 4.69) is 10.0 Å². The summed E-state index contributed by atoms with van der Waals surface area (Å²) in [6.45, 7) is 1.35. The molecular formula is C21H26N4O6S. The van der Waals surface area contributed by atoms with E-state index in [0.717, 1.165) is 29.7 Å². The maximum atomic E-state index is 12.9. The third-order valence-electron chi connectivity index (χ3n) is 6.09. The van der Waals surface area contributed by atoms with Crippen molar-refractivity contribution >= 4 is 33.8 Å². The Balaban J connectivity index is 1.36. The maximum Gasteiger partial charge on any atom is 0.279 e. The molecule has 2 N–H and O–H groups in total. The Kier molecular flexibility index (Phi) is 6.40. The van der Waals surface area contributed by atoms with Gasteiger partial charge in [0.15, 0.2) is 0 Å². The van der Waals surface area contributed by atoms with Gasteiger partial charge in [-0.25, -0.2) is 4.72 Å². The lowest BCUT2D eigenvalue weighted by molar-refractivity contribution is -0.136. The molecule has 4 rings (SSSR count). The number of piperidine rings is 2. The standard InChI is InChI=1S/C21H26N4O6S/c26-18-9-8-17(19(27)23-18)25-20(28)15-7-6-14(13-16(15)21(25)29)5-4-10-22-32(30,31)24-11-2-1-3-12-24/h6-7,13,17,22H,1-5,8-12H2,(H,23,26,27). The van der Waals surface area contributed by atoms with Crippen LogP contribution >= 0.6 is 0 Å². The number of carbonyl (C=O) groups is 4. The van der Waals surface area contributed by atoms with Crippen LogP contribution in [0.5, 0.6) is 0 Å². The summed E-state index contributed by atoms with van der Waals surface area (Å²) >= 11 is 0. The fourth-order valence-corrected chi connectivity index (χ4v) is 5.69. The second-order valence-corrected chi connectivity index (χ2v) is 10.0. The molecule has 0 aliphatic carbocycles. The predicted molar refractivity (Wildman–Crippen MR) is 114 cm³/mol. The maximum absolute atomic E-state index is 12.9. The Hall–Kier alpha value is -2.63. The summed E-state index contributed by atoms with van der Waals surface area (Å²) in [4.78, 5) is 50.0. The van der Waals surface area contributed by atoms with Crippen LogP contribution in [0.25, 0.3) is 0 Å². The van der Waals surface area contributed by atoms with Crippen molar-refractivity contribution < 1.29 is 27.6 Å². The summed E-state index contributed by atoms with van der Waals surface area (Å²) in [5.74, 6) is -2.15. The summed E-state index contributed by atoms with van der Waals surface area (Å²) in [7, 11) is -3.48.